The number of benzene rings is 2. The van der Waals surface area contributed by atoms with Crippen LogP contribution in [0.2, 0.25) is 0 Å². The fraction of sp³-hybridized carbons (Fsp3) is 0.235. The van der Waals surface area contributed by atoms with E-state index in [4.69, 9.17) is 0 Å². The van der Waals surface area contributed by atoms with Crippen LogP contribution in [0.3, 0.4) is 0 Å². The zero-order valence-corrected chi connectivity index (χ0v) is 13.8. The first-order chi connectivity index (χ1) is 10.2. The van der Waals surface area contributed by atoms with E-state index in [1.807, 2.05) is 23.0 Å². The van der Waals surface area contributed by atoms with E-state index in [1.54, 1.807) is 0 Å². The quantitative estimate of drug-likeness (QED) is 0.757. The minimum atomic E-state index is 0.279. The molecule has 0 saturated heterocycles. The van der Waals surface area contributed by atoms with Crippen LogP contribution in [0, 0.1) is 0 Å². The third-order valence-corrected chi connectivity index (χ3v) is 4.17. The van der Waals surface area contributed by atoms with Crippen LogP contribution in [0.25, 0.3) is 16.6 Å². The van der Waals surface area contributed by atoms with Crippen LogP contribution in [0.15, 0.2) is 53.1 Å². The van der Waals surface area contributed by atoms with E-state index in [0.29, 0.717) is 0 Å². The summed E-state index contributed by atoms with van der Waals surface area (Å²) in [7, 11) is 0. The number of nitrogens with zero attached hydrogens (tertiary/aromatic N) is 2. The van der Waals surface area contributed by atoms with Gasteiger partial charge in [-0.3, -0.25) is 0 Å². The maximum Gasteiger partial charge on any atom is 0.0741 e. The van der Waals surface area contributed by atoms with Gasteiger partial charge in [-0.1, -0.05) is 47.1 Å². The number of rotatable bonds is 4. The van der Waals surface area contributed by atoms with Gasteiger partial charge in [0.1, 0.15) is 0 Å². The van der Waals surface area contributed by atoms with Crippen molar-refractivity contribution in [2.45, 2.75) is 19.9 Å². The van der Waals surface area contributed by atoms with Gasteiger partial charge in [0, 0.05) is 15.9 Å². The zero-order chi connectivity index (χ0) is 14.8. The summed E-state index contributed by atoms with van der Waals surface area (Å²) >= 11 is 3.57. The molecule has 0 aliphatic rings. The Morgan fingerprint density at radius 3 is 2.86 bits per heavy atom. The largest absolute Gasteiger partial charge is 0.310 e. The first-order valence-corrected chi connectivity index (χ1v) is 7.96. The predicted octanol–water partition coefficient (Wildman–Crippen LogP) is 4.46. The van der Waals surface area contributed by atoms with Crippen molar-refractivity contribution in [2.24, 2.45) is 0 Å². The van der Waals surface area contributed by atoms with Crippen molar-refractivity contribution in [3.63, 3.8) is 0 Å². The van der Waals surface area contributed by atoms with E-state index in [2.05, 4.69) is 70.5 Å². The molecular weight excluding hydrogens is 326 g/mol. The second-order valence-electron chi connectivity index (χ2n) is 5.10. The first-order valence-electron chi connectivity index (χ1n) is 7.16. The summed E-state index contributed by atoms with van der Waals surface area (Å²) in [6.07, 6.45) is 1.91. The Morgan fingerprint density at radius 1 is 1.24 bits per heavy atom. The van der Waals surface area contributed by atoms with Gasteiger partial charge in [0.25, 0.3) is 0 Å². The fourth-order valence-electron chi connectivity index (χ4n) is 2.65. The van der Waals surface area contributed by atoms with Crippen molar-refractivity contribution < 1.29 is 0 Å². The van der Waals surface area contributed by atoms with Crippen LogP contribution in [0.4, 0.5) is 0 Å². The van der Waals surface area contributed by atoms with E-state index in [-0.39, 0.29) is 6.04 Å². The normalized spacial score (nSPS) is 12.7. The molecule has 4 heteroatoms. The molecule has 1 N–H and O–H groups in total. The van der Waals surface area contributed by atoms with Crippen molar-refractivity contribution in [2.75, 3.05) is 6.54 Å². The first kappa shape index (κ1) is 14.3. The van der Waals surface area contributed by atoms with Gasteiger partial charge in [0.15, 0.2) is 0 Å². The average Bonchev–Trinajstić information content (AvgIpc) is 2.91. The lowest BCUT2D eigenvalue weighted by Gasteiger charge is -2.18. The van der Waals surface area contributed by atoms with Crippen LogP contribution < -0.4 is 5.32 Å². The Bertz CT molecular complexity index is 764. The molecule has 2 aromatic carbocycles. The van der Waals surface area contributed by atoms with Gasteiger partial charge in [-0.25, -0.2) is 4.68 Å². The van der Waals surface area contributed by atoms with E-state index in [0.717, 1.165) is 27.6 Å². The monoisotopic (exact) mass is 343 g/mol. The van der Waals surface area contributed by atoms with Crippen molar-refractivity contribution in [3.05, 3.63) is 58.7 Å². The Morgan fingerprint density at radius 2 is 2.05 bits per heavy atom. The average molecular weight is 344 g/mol. The van der Waals surface area contributed by atoms with Crippen molar-refractivity contribution in [3.8, 4) is 5.69 Å². The molecule has 0 aliphatic carbocycles. The van der Waals surface area contributed by atoms with Crippen molar-refractivity contribution >= 4 is 26.8 Å². The van der Waals surface area contributed by atoms with Crippen LogP contribution in [-0.2, 0) is 0 Å². The molecule has 1 unspecified atom stereocenters. The van der Waals surface area contributed by atoms with Gasteiger partial charge in [-0.05, 0) is 37.2 Å². The number of hydrogen-bond donors (Lipinski definition) is 1. The highest BCUT2D eigenvalue weighted by atomic mass is 79.9. The second kappa shape index (κ2) is 6.00. The fourth-order valence-corrected chi connectivity index (χ4v) is 3.00. The molecule has 3 nitrogen and oxygen atoms in total. The minimum absolute atomic E-state index is 0.279. The topological polar surface area (TPSA) is 29.9 Å². The second-order valence-corrected chi connectivity index (χ2v) is 6.01. The Hall–Kier alpha value is -1.65. The molecule has 1 heterocycles. The van der Waals surface area contributed by atoms with Gasteiger partial charge in [-0.2, -0.15) is 5.10 Å². The molecule has 3 aromatic rings. The Balaban J connectivity index is 2.19. The van der Waals surface area contributed by atoms with Crippen molar-refractivity contribution in [1.82, 2.24) is 15.1 Å². The molecule has 0 amide bonds. The van der Waals surface area contributed by atoms with Crippen LogP contribution in [-0.4, -0.2) is 16.3 Å². The minimum Gasteiger partial charge on any atom is -0.310 e. The highest BCUT2D eigenvalue weighted by Gasteiger charge is 2.14. The summed E-state index contributed by atoms with van der Waals surface area (Å²) in [5, 5.41) is 9.21. The predicted molar refractivity (Wildman–Crippen MR) is 90.9 cm³/mol. The van der Waals surface area contributed by atoms with E-state index in [1.165, 1.54) is 5.56 Å². The molecule has 1 aromatic heterocycles. The molecule has 0 spiro atoms. The lowest BCUT2D eigenvalue weighted by atomic mass is 10.1. The SMILES string of the molecule is CCNC(C)c1ccc(Br)cc1-n1ncc2ccccc21. The lowest BCUT2D eigenvalue weighted by Crippen LogP contribution is -2.19. The third kappa shape index (κ3) is 2.74. The molecule has 0 aliphatic heterocycles. The summed E-state index contributed by atoms with van der Waals surface area (Å²) in [6, 6.07) is 14.9. The summed E-state index contributed by atoms with van der Waals surface area (Å²) in [6.45, 7) is 5.25. The van der Waals surface area contributed by atoms with Gasteiger partial charge < -0.3 is 5.32 Å². The number of hydrogen-bond acceptors (Lipinski definition) is 2. The summed E-state index contributed by atoms with van der Waals surface area (Å²) in [5.74, 6) is 0. The molecule has 21 heavy (non-hydrogen) atoms. The van der Waals surface area contributed by atoms with Gasteiger partial charge >= 0.3 is 0 Å². The molecule has 0 bridgehead atoms. The molecule has 3 rings (SSSR count). The highest BCUT2D eigenvalue weighted by Crippen LogP contribution is 2.27. The summed E-state index contributed by atoms with van der Waals surface area (Å²) in [4.78, 5) is 0. The number of fused-ring (bicyclic) bond motifs is 1. The van der Waals surface area contributed by atoms with Gasteiger partial charge in [-0.15, -0.1) is 0 Å². The molecule has 1 atom stereocenters. The van der Waals surface area contributed by atoms with E-state index >= 15 is 0 Å². The van der Waals surface area contributed by atoms with Crippen LogP contribution >= 0.6 is 15.9 Å². The Kier molecular flexibility index (Phi) is 4.08. The lowest BCUT2D eigenvalue weighted by molar-refractivity contribution is 0.594. The van der Waals surface area contributed by atoms with E-state index < -0.39 is 0 Å². The Labute approximate surface area is 133 Å². The summed E-state index contributed by atoms with van der Waals surface area (Å²) < 4.78 is 3.08. The molecule has 0 radical (unpaired) electrons. The highest BCUT2D eigenvalue weighted by molar-refractivity contribution is 9.10. The van der Waals surface area contributed by atoms with Gasteiger partial charge in [0.2, 0.25) is 0 Å². The van der Waals surface area contributed by atoms with E-state index in [9.17, 15) is 0 Å². The standard InChI is InChI=1S/C17H18BrN3/c1-3-19-12(2)15-9-8-14(18)10-17(15)21-16-7-5-4-6-13(16)11-20-21/h4-12,19H,3H2,1-2H3. The molecule has 108 valence electrons. The molecule has 0 saturated carbocycles. The number of aromatic nitrogens is 2. The third-order valence-electron chi connectivity index (χ3n) is 3.67. The maximum absolute atomic E-state index is 4.58. The van der Waals surface area contributed by atoms with Crippen molar-refractivity contribution in [1.29, 1.82) is 0 Å². The molecular formula is C17H18BrN3. The van der Waals surface area contributed by atoms with Crippen LogP contribution in [0.5, 0.6) is 0 Å². The number of nitrogens with one attached hydrogen (secondary N) is 1. The van der Waals surface area contributed by atoms with Gasteiger partial charge in [0.05, 0.1) is 17.4 Å². The smallest absolute Gasteiger partial charge is 0.0741 e. The number of para-hydroxylation sites is 1. The summed E-state index contributed by atoms with van der Waals surface area (Å²) in [5.41, 5.74) is 3.48. The zero-order valence-electron chi connectivity index (χ0n) is 12.2. The van der Waals surface area contributed by atoms with Crippen LogP contribution in [0.1, 0.15) is 25.5 Å². The molecule has 0 fully saturated rings. The maximum atomic E-state index is 4.58. The number of halogens is 1.